The van der Waals surface area contributed by atoms with Crippen LogP contribution in [0.2, 0.25) is 0 Å². The number of rotatable bonds is 7. The molecule has 1 N–H and O–H groups in total. The van der Waals surface area contributed by atoms with Crippen molar-refractivity contribution in [2.75, 3.05) is 42.5 Å². The number of aryl methyl sites for hydroxylation is 1. The second-order valence-corrected chi connectivity index (χ2v) is 8.54. The number of nitrogens with one attached hydrogen (secondary N) is 1. The molecule has 2 aliphatic rings. The van der Waals surface area contributed by atoms with Crippen molar-refractivity contribution in [3.05, 3.63) is 41.5 Å². The Morgan fingerprint density at radius 3 is 2.76 bits per heavy atom. The topological polar surface area (TPSA) is 108 Å². The lowest BCUT2D eigenvalue weighted by molar-refractivity contribution is -0.133. The Labute approximate surface area is 196 Å². The van der Waals surface area contributed by atoms with Crippen molar-refractivity contribution in [2.24, 2.45) is 0 Å². The fourth-order valence-electron chi connectivity index (χ4n) is 4.10. The van der Waals surface area contributed by atoms with Crippen LogP contribution in [0.5, 0.6) is 0 Å². The van der Waals surface area contributed by atoms with Crippen LogP contribution in [0.3, 0.4) is 0 Å². The minimum atomic E-state index is -0.545. The SMILES string of the molecule is CC(=O)CC[C@H]1CN(c2ccc(N3CCNN(C(=O)Cc4cc(C)on4)CC3)c(F)c2)C(=O)O1. The summed E-state index contributed by atoms with van der Waals surface area (Å²) in [6.45, 7) is 5.30. The van der Waals surface area contributed by atoms with Crippen LogP contribution in [0, 0.1) is 12.7 Å². The van der Waals surface area contributed by atoms with E-state index < -0.39 is 11.9 Å². The monoisotopic (exact) mass is 473 g/mol. The molecule has 182 valence electrons. The number of hydrogen-bond donors (Lipinski definition) is 1. The summed E-state index contributed by atoms with van der Waals surface area (Å²) in [6.07, 6.45) is -0.0339. The van der Waals surface area contributed by atoms with Gasteiger partial charge in [-0.1, -0.05) is 5.16 Å². The second-order valence-electron chi connectivity index (χ2n) is 8.54. The maximum absolute atomic E-state index is 15.1. The molecule has 0 spiro atoms. The van der Waals surface area contributed by atoms with Gasteiger partial charge in [-0.15, -0.1) is 0 Å². The Morgan fingerprint density at radius 1 is 1.24 bits per heavy atom. The number of hydrazine groups is 1. The molecule has 1 atom stereocenters. The van der Waals surface area contributed by atoms with Gasteiger partial charge in [0.05, 0.1) is 36.6 Å². The Kier molecular flexibility index (Phi) is 7.11. The van der Waals surface area contributed by atoms with E-state index in [0.29, 0.717) is 61.8 Å². The van der Waals surface area contributed by atoms with Crippen LogP contribution in [0.4, 0.5) is 20.6 Å². The maximum Gasteiger partial charge on any atom is 0.414 e. The zero-order valence-electron chi connectivity index (χ0n) is 19.3. The van der Waals surface area contributed by atoms with Crippen LogP contribution in [0.1, 0.15) is 31.2 Å². The highest BCUT2D eigenvalue weighted by Crippen LogP contribution is 2.29. The molecule has 0 bridgehead atoms. The molecule has 2 aromatic rings. The summed E-state index contributed by atoms with van der Waals surface area (Å²) >= 11 is 0. The largest absolute Gasteiger partial charge is 0.444 e. The van der Waals surface area contributed by atoms with E-state index in [9.17, 15) is 14.4 Å². The van der Waals surface area contributed by atoms with E-state index in [2.05, 4.69) is 10.6 Å². The first kappa shape index (κ1) is 23.7. The molecule has 1 aromatic carbocycles. The molecular formula is C23H28FN5O5. The van der Waals surface area contributed by atoms with E-state index >= 15 is 4.39 Å². The zero-order chi connectivity index (χ0) is 24.2. The number of benzene rings is 1. The smallest absolute Gasteiger partial charge is 0.414 e. The Balaban J connectivity index is 1.37. The van der Waals surface area contributed by atoms with E-state index in [0.717, 1.165) is 0 Å². The van der Waals surface area contributed by atoms with Crippen molar-refractivity contribution < 1.29 is 28.0 Å². The summed E-state index contributed by atoms with van der Waals surface area (Å²) in [6, 6.07) is 6.36. The third-order valence-corrected chi connectivity index (χ3v) is 5.86. The van der Waals surface area contributed by atoms with E-state index in [1.54, 1.807) is 25.1 Å². The molecule has 1 aromatic heterocycles. The summed E-state index contributed by atoms with van der Waals surface area (Å²) in [4.78, 5) is 39.3. The van der Waals surface area contributed by atoms with Crippen LogP contribution < -0.4 is 15.2 Å². The fraction of sp³-hybridized carbons (Fsp3) is 0.478. The normalized spacial score (nSPS) is 18.7. The number of ether oxygens (including phenoxy) is 1. The fourth-order valence-corrected chi connectivity index (χ4v) is 4.10. The van der Waals surface area contributed by atoms with Crippen molar-refractivity contribution in [3.8, 4) is 0 Å². The minimum absolute atomic E-state index is 0.0327. The van der Waals surface area contributed by atoms with Crippen LogP contribution in [-0.2, 0) is 20.7 Å². The van der Waals surface area contributed by atoms with Crippen LogP contribution in [0.15, 0.2) is 28.8 Å². The number of anilines is 2. The van der Waals surface area contributed by atoms with Gasteiger partial charge in [-0.2, -0.15) is 0 Å². The lowest BCUT2D eigenvalue weighted by Gasteiger charge is -2.24. The Bertz CT molecular complexity index is 1070. The highest BCUT2D eigenvalue weighted by atomic mass is 19.1. The van der Waals surface area contributed by atoms with Crippen molar-refractivity contribution in [3.63, 3.8) is 0 Å². The summed E-state index contributed by atoms with van der Waals surface area (Å²) in [7, 11) is 0. The van der Waals surface area contributed by atoms with Gasteiger partial charge in [0, 0.05) is 32.1 Å². The van der Waals surface area contributed by atoms with Gasteiger partial charge in [0.2, 0.25) is 5.91 Å². The van der Waals surface area contributed by atoms with E-state index in [1.807, 2.05) is 4.90 Å². The van der Waals surface area contributed by atoms with E-state index in [-0.39, 0.29) is 30.8 Å². The number of nitrogens with zero attached hydrogens (tertiary/aromatic N) is 4. The minimum Gasteiger partial charge on any atom is -0.444 e. The molecule has 2 saturated heterocycles. The number of halogens is 1. The molecule has 11 heteroatoms. The summed E-state index contributed by atoms with van der Waals surface area (Å²) < 4.78 is 25.4. The molecule has 0 aliphatic carbocycles. The number of carbonyl (C=O) groups is 3. The number of Topliss-reactive ketones (excluding diaryl/α,β-unsaturated/α-hetero) is 1. The van der Waals surface area contributed by atoms with Crippen molar-refractivity contribution >= 4 is 29.2 Å². The molecule has 2 amide bonds. The van der Waals surface area contributed by atoms with Crippen LogP contribution in [0.25, 0.3) is 0 Å². The summed E-state index contributed by atoms with van der Waals surface area (Å²) in [5.41, 5.74) is 4.45. The van der Waals surface area contributed by atoms with Gasteiger partial charge < -0.3 is 19.0 Å². The summed E-state index contributed by atoms with van der Waals surface area (Å²) in [5, 5.41) is 5.38. The van der Waals surface area contributed by atoms with Crippen LogP contribution in [-0.4, -0.2) is 66.8 Å². The first-order chi connectivity index (χ1) is 16.3. The lowest BCUT2D eigenvalue weighted by atomic mass is 10.1. The van der Waals surface area contributed by atoms with Crippen molar-refractivity contribution in [1.82, 2.24) is 15.6 Å². The quantitative estimate of drug-likeness (QED) is 0.652. The number of ketones is 1. The Hall–Kier alpha value is -3.47. The van der Waals surface area contributed by atoms with Crippen molar-refractivity contribution in [2.45, 2.75) is 39.2 Å². The van der Waals surface area contributed by atoms with Gasteiger partial charge in [0.25, 0.3) is 0 Å². The number of aromatic nitrogens is 1. The second kappa shape index (κ2) is 10.2. The van der Waals surface area contributed by atoms with Gasteiger partial charge in [-0.25, -0.2) is 14.6 Å². The van der Waals surface area contributed by atoms with Crippen LogP contribution >= 0.6 is 0 Å². The van der Waals surface area contributed by atoms with Gasteiger partial charge in [-0.3, -0.25) is 14.7 Å². The maximum atomic E-state index is 15.1. The number of hydrogen-bond acceptors (Lipinski definition) is 8. The Morgan fingerprint density at radius 2 is 2.06 bits per heavy atom. The molecule has 0 unspecified atom stereocenters. The number of cyclic esters (lactones) is 1. The van der Waals surface area contributed by atoms with E-state index in [1.165, 1.54) is 22.9 Å². The molecule has 34 heavy (non-hydrogen) atoms. The molecular weight excluding hydrogens is 445 g/mol. The van der Waals surface area contributed by atoms with Crippen molar-refractivity contribution in [1.29, 1.82) is 0 Å². The third kappa shape index (κ3) is 5.53. The first-order valence-corrected chi connectivity index (χ1v) is 11.3. The van der Waals surface area contributed by atoms with Gasteiger partial charge in [0.15, 0.2) is 0 Å². The summed E-state index contributed by atoms with van der Waals surface area (Å²) in [5.74, 6) is 0.0732. The predicted molar refractivity (Wildman–Crippen MR) is 121 cm³/mol. The average molecular weight is 474 g/mol. The third-order valence-electron chi connectivity index (χ3n) is 5.86. The lowest BCUT2D eigenvalue weighted by Crippen LogP contribution is -2.44. The van der Waals surface area contributed by atoms with Gasteiger partial charge in [0.1, 0.15) is 23.5 Å². The molecule has 10 nitrogen and oxygen atoms in total. The number of amides is 2. The number of carbonyl (C=O) groups excluding carboxylic acids is 3. The highest BCUT2D eigenvalue weighted by Gasteiger charge is 2.33. The molecule has 2 aliphatic heterocycles. The highest BCUT2D eigenvalue weighted by molar-refractivity contribution is 5.90. The standard InChI is InChI=1S/C23H28FN5O5/c1-15(30)3-5-19-14-28(23(32)33-19)18-4-6-21(20(24)13-18)27-8-7-25-29(10-9-27)22(31)12-17-11-16(2)34-26-17/h4,6,11,13,19,25H,3,5,7-10,12,14H2,1-2H3/t19-/m0/s1. The molecule has 3 heterocycles. The van der Waals surface area contributed by atoms with Gasteiger partial charge >= 0.3 is 6.09 Å². The zero-order valence-corrected chi connectivity index (χ0v) is 19.3. The van der Waals surface area contributed by atoms with E-state index in [4.69, 9.17) is 9.26 Å². The van der Waals surface area contributed by atoms with Gasteiger partial charge in [-0.05, 0) is 38.5 Å². The molecule has 0 radical (unpaired) electrons. The average Bonchev–Trinajstić information content (AvgIpc) is 3.27. The first-order valence-electron chi connectivity index (χ1n) is 11.3. The molecule has 2 fully saturated rings. The molecule has 4 rings (SSSR count). The molecule has 0 saturated carbocycles. The predicted octanol–water partition coefficient (Wildman–Crippen LogP) is 2.21.